The number of fused-ring (bicyclic) bond motifs is 1. The second kappa shape index (κ2) is 8.52. The number of para-hydroxylation sites is 2. The van der Waals surface area contributed by atoms with Crippen LogP contribution in [0.25, 0.3) is 0 Å². The maximum atomic E-state index is 12.2. The standard InChI is InChI=1S/C18H22N2O6S2/c1-2-26-14-7-4-3-6-12(14)20-13-10-28(24,25)11-15(13)27-18(20)19-16(21)8-5-9-17(22)23/h3-4,6-7,13,15H,2,5,8-11H2,1H3,(H,22,23)/t13-,15+/m1/s1. The van der Waals surface area contributed by atoms with E-state index in [0.29, 0.717) is 23.2 Å². The third-order valence-electron chi connectivity index (χ3n) is 4.49. The molecule has 2 atom stereocenters. The molecule has 2 heterocycles. The normalized spacial score (nSPS) is 24.3. The molecule has 2 saturated heterocycles. The van der Waals surface area contributed by atoms with Crippen LogP contribution in [0.5, 0.6) is 5.75 Å². The van der Waals surface area contributed by atoms with Crippen LogP contribution < -0.4 is 9.64 Å². The van der Waals surface area contributed by atoms with Crippen LogP contribution in [0.15, 0.2) is 29.3 Å². The van der Waals surface area contributed by atoms with Gasteiger partial charge in [-0.1, -0.05) is 23.9 Å². The molecular formula is C18H22N2O6S2. The lowest BCUT2D eigenvalue weighted by atomic mass is 10.2. The Labute approximate surface area is 167 Å². The molecule has 10 heteroatoms. The van der Waals surface area contributed by atoms with Crippen molar-refractivity contribution in [3.05, 3.63) is 24.3 Å². The van der Waals surface area contributed by atoms with E-state index in [9.17, 15) is 18.0 Å². The number of anilines is 1. The molecule has 28 heavy (non-hydrogen) atoms. The zero-order chi connectivity index (χ0) is 20.3. The summed E-state index contributed by atoms with van der Waals surface area (Å²) >= 11 is 1.29. The SMILES string of the molecule is CCOc1ccccc1N1C(=NC(=O)CCCC(=O)O)S[C@H]2CS(=O)(=O)C[C@H]21. The Morgan fingerprint density at radius 3 is 2.75 bits per heavy atom. The Bertz CT molecular complexity index is 899. The van der Waals surface area contributed by atoms with Crippen LogP contribution in [0, 0.1) is 0 Å². The van der Waals surface area contributed by atoms with Crippen LogP contribution >= 0.6 is 11.8 Å². The van der Waals surface area contributed by atoms with Gasteiger partial charge in [-0.3, -0.25) is 9.59 Å². The molecule has 8 nitrogen and oxygen atoms in total. The van der Waals surface area contributed by atoms with Gasteiger partial charge in [-0.2, -0.15) is 4.99 Å². The largest absolute Gasteiger partial charge is 0.492 e. The van der Waals surface area contributed by atoms with Gasteiger partial charge in [-0.05, 0) is 25.5 Å². The number of carbonyl (C=O) groups is 2. The van der Waals surface area contributed by atoms with E-state index in [1.165, 1.54) is 11.8 Å². The smallest absolute Gasteiger partial charge is 0.303 e. The van der Waals surface area contributed by atoms with Crippen LogP contribution in [0.3, 0.4) is 0 Å². The molecule has 2 aliphatic heterocycles. The fourth-order valence-corrected chi connectivity index (χ4v) is 7.26. The lowest BCUT2D eigenvalue weighted by molar-refractivity contribution is -0.137. The zero-order valence-corrected chi connectivity index (χ0v) is 17.0. The van der Waals surface area contributed by atoms with Crippen LogP contribution in [0.4, 0.5) is 5.69 Å². The van der Waals surface area contributed by atoms with Gasteiger partial charge in [0, 0.05) is 18.1 Å². The molecule has 2 fully saturated rings. The molecule has 0 saturated carbocycles. The molecule has 1 N–H and O–H groups in total. The summed E-state index contributed by atoms with van der Waals surface area (Å²) in [6.45, 7) is 2.31. The summed E-state index contributed by atoms with van der Waals surface area (Å²) in [7, 11) is -3.16. The molecule has 152 valence electrons. The van der Waals surface area contributed by atoms with E-state index < -0.39 is 21.7 Å². The number of rotatable bonds is 7. The van der Waals surface area contributed by atoms with Crippen LogP contribution in [0.2, 0.25) is 0 Å². The first-order valence-corrected chi connectivity index (χ1v) is 11.7. The summed E-state index contributed by atoms with van der Waals surface area (Å²) in [5.41, 5.74) is 0.679. The summed E-state index contributed by atoms with van der Waals surface area (Å²) in [5.74, 6) is -0.728. The Morgan fingerprint density at radius 1 is 1.29 bits per heavy atom. The number of carboxylic acids is 1. The van der Waals surface area contributed by atoms with E-state index in [1.807, 2.05) is 25.1 Å². The second-order valence-electron chi connectivity index (χ2n) is 6.61. The number of hydrogen-bond acceptors (Lipinski definition) is 6. The quantitative estimate of drug-likeness (QED) is 0.704. The van der Waals surface area contributed by atoms with Crippen LogP contribution in [-0.4, -0.2) is 60.0 Å². The summed E-state index contributed by atoms with van der Waals surface area (Å²) in [4.78, 5) is 28.8. The summed E-state index contributed by atoms with van der Waals surface area (Å²) in [6, 6.07) is 6.96. The number of benzene rings is 1. The zero-order valence-electron chi connectivity index (χ0n) is 15.4. The fourth-order valence-electron chi connectivity index (χ4n) is 3.33. The van der Waals surface area contributed by atoms with Gasteiger partial charge in [0.25, 0.3) is 0 Å². The highest BCUT2D eigenvalue weighted by Crippen LogP contribution is 2.43. The van der Waals surface area contributed by atoms with Gasteiger partial charge in [0.1, 0.15) is 5.75 Å². The van der Waals surface area contributed by atoms with Gasteiger partial charge < -0.3 is 14.7 Å². The van der Waals surface area contributed by atoms with Crippen molar-refractivity contribution in [1.29, 1.82) is 0 Å². The summed E-state index contributed by atoms with van der Waals surface area (Å²) in [5, 5.41) is 8.95. The first-order valence-electron chi connectivity index (χ1n) is 9.02. The van der Waals surface area contributed by atoms with Crippen molar-refractivity contribution < 1.29 is 27.9 Å². The van der Waals surface area contributed by atoms with Gasteiger partial charge in [0.05, 0.1) is 29.8 Å². The highest BCUT2D eigenvalue weighted by molar-refractivity contribution is 8.16. The highest BCUT2D eigenvalue weighted by atomic mass is 32.2. The van der Waals surface area contributed by atoms with Crippen molar-refractivity contribution in [2.45, 2.75) is 37.5 Å². The number of sulfone groups is 1. The predicted molar refractivity (Wildman–Crippen MR) is 108 cm³/mol. The number of carbonyl (C=O) groups excluding carboxylic acids is 1. The van der Waals surface area contributed by atoms with Gasteiger partial charge in [-0.15, -0.1) is 0 Å². The Balaban J connectivity index is 1.90. The van der Waals surface area contributed by atoms with E-state index in [1.54, 1.807) is 11.0 Å². The number of thioether (sulfide) groups is 1. The topological polar surface area (TPSA) is 113 Å². The van der Waals surface area contributed by atoms with Crippen LogP contribution in [-0.2, 0) is 19.4 Å². The number of nitrogens with zero attached hydrogens (tertiary/aromatic N) is 2. The molecule has 0 spiro atoms. The number of aliphatic carboxylic acids is 1. The van der Waals surface area contributed by atoms with E-state index in [0.717, 1.165) is 0 Å². The highest BCUT2D eigenvalue weighted by Gasteiger charge is 2.50. The Hall–Kier alpha value is -2.07. The van der Waals surface area contributed by atoms with E-state index >= 15 is 0 Å². The number of amidine groups is 1. The molecule has 0 radical (unpaired) electrons. The van der Waals surface area contributed by atoms with E-state index in [2.05, 4.69) is 4.99 Å². The summed E-state index contributed by atoms with van der Waals surface area (Å²) < 4.78 is 30.0. The van der Waals surface area contributed by atoms with Gasteiger partial charge >= 0.3 is 5.97 Å². The van der Waals surface area contributed by atoms with Crippen LogP contribution in [0.1, 0.15) is 26.2 Å². The Morgan fingerprint density at radius 2 is 2.04 bits per heavy atom. The molecule has 0 aromatic heterocycles. The van der Waals surface area contributed by atoms with Gasteiger partial charge in [0.15, 0.2) is 15.0 Å². The first kappa shape index (κ1) is 20.7. The number of carboxylic acid groups (broad SMARTS) is 1. The Kier molecular flexibility index (Phi) is 6.29. The maximum Gasteiger partial charge on any atom is 0.303 e. The molecular weight excluding hydrogens is 404 g/mol. The lowest BCUT2D eigenvalue weighted by Gasteiger charge is -2.26. The second-order valence-corrected chi connectivity index (χ2v) is 9.97. The molecule has 2 aliphatic rings. The van der Waals surface area contributed by atoms with Crippen molar-refractivity contribution in [2.24, 2.45) is 4.99 Å². The minimum absolute atomic E-state index is 0.00263. The van der Waals surface area contributed by atoms with Crippen molar-refractivity contribution in [3.8, 4) is 5.75 Å². The van der Waals surface area contributed by atoms with Crippen molar-refractivity contribution in [1.82, 2.24) is 0 Å². The summed E-state index contributed by atoms with van der Waals surface area (Å²) in [6.07, 6.45) is 0.154. The minimum atomic E-state index is -3.16. The predicted octanol–water partition coefficient (Wildman–Crippen LogP) is 1.94. The average Bonchev–Trinajstić information content (AvgIpc) is 3.06. The molecule has 0 unspecified atom stereocenters. The minimum Gasteiger partial charge on any atom is -0.492 e. The van der Waals surface area contributed by atoms with Crippen molar-refractivity contribution in [2.75, 3.05) is 23.0 Å². The van der Waals surface area contributed by atoms with Gasteiger partial charge in [-0.25, -0.2) is 8.42 Å². The van der Waals surface area contributed by atoms with Crippen molar-refractivity contribution in [3.63, 3.8) is 0 Å². The van der Waals surface area contributed by atoms with E-state index in [4.69, 9.17) is 9.84 Å². The fraction of sp³-hybridized carbons (Fsp3) is 0.500. The molecule has 0 bridgehead atoms. The monoisotopic (exact) mass is 426 g/mol. The molecule has 0 aliphatic carbocycles. The number of amides is 1. The third-order valence-corrected chi connectivity index (χ3v) is 7.70. The number of aliphatic imine (C=N–C) groups is 1. The first-order chi connectivity index (χ1) is 13.3. The average molecular weight is 427 g/mol. The van der Waals surface area contributed by atoms with Crippen molar-refractivity contribution >= 4 is 44.3 Å². The van der Waals surface area contributed by atoms with E-state index in [-0.39, 0.29) is 42.1 Å². The third kappa shape index (κ3) is 4.67. The number of hydrogen-bond donors (Lipinski definition) is 1. The number of ether oxygens (including phenoxy) is 1. The lowest BCUT2D eigenvalue weighted by Crippen LogP contribution is -2.38. The van der Waals surface area contributed by atoms with Gasteiger partial charge in [0.2, 0.25) is 5.91 Å². The molecule has 3 rings (SSSR count). The maximum absolute atomic E-state index is 12.2. The molecule has 1 aromatic rings. The molecule has 1 amide bonds. The molecule has 1 aromatic carbocycles.